The third-order valence-electron chi connectivity index (χ3n) is 3.76. The van der Waals surface area contributed by atoms with Crippen molar-refractivity contribution in [3.05, 3.63) is 23.8 Å². The summed E-state index contributed by atoms with van der Waals surface area (Å²) < 4.78 is 0. The quantitative estimate of drug-likeness (QED) is 0.809. The van der Waals surface area contributed by atoms with E-state index in [2.05, 4.69) is 20.5 Å². The zero-order chi connectivity index (χ0) is 14.8. The van der Waals surface area contributed by atoms with Gasteiger partial charge in [-0.05, 0) is 24.8 Å². The Hall–Kier alpha value is -2.44. The molecule has 0 spiro atoms. The Morgan fingerprint density at radius 2 is 2.10 bits per heavy atom. The minimum Gasteiger partial charge on any atom is -0.352 e. The van der Waals surface area contributed by atoms with Gasteiger partial charge in [0.25, 0.3) is 11.8 Å². The molecule has 3 rings (SSSR count). The Bertz CT molecular complexity index is 602. The second-order valence-corrected chi connectivity index (χ2v) is 5.28. The van der Waals surface area contributed by atoms with Crippen molar-refractivity contribution in [2.24, 2.45) is 21.1 Å². The molecular formula is C14H14N4O3. The Morgan fingerprint density at radius 1 is 1.24 bits per heavy atom. The van der Waals surface area contributed by atoms with Crippen molar-refractivity contribution in [3.63, 3.8) is 0 Å². The maximum absolute atomic E-state index is 12.1. The molecule has 2 aliphatic heterocycles. The number of dihydropyridines is 1. The summed E-state index contributed by atoms with van der Waals surface area (Å²) in [6, 6.07) is -0.0508. The fraction of sp³-hybridized carbons (Fsp3) is 0.429. The summed E-state index contributed by atoms with van der Waals surface area (Å²) >= 11 is 0. The summed E-state index contributed by atoms with van der Waals surface area (Å²) in [6.45, 7) is 0. The maximum atomic E-state index is 12.1. The normalized spacial score (nSPS) is 30.9. The predicted molar refractivity (Wildman–Crippen MR) is 73.6 cm³/mol. The molecule has 0 radical (unpaired) electrons. The molecule has 0 bridgehead atoms. The van der Waals surface area contributed by atoms with Crippen LogP contribution in [0.5, 0.6) is 0 Å². The minimum absolute atomic E-state index is 0.0235. The van der Waals surface area contributed by atoms with Crippen LogP contribution in [0, 0.1) is 5.92 Å². The summed E-state index contributed by atoms with van der Waals surface area (Å²) in [5.41, 5.74) is 0.926. The maximum Gasteiger partial charge on any atom is 0.287 e. The van der Waals surface area contributed by atoms with Crippen LogP contribution in [-0.4, -0.2) is 36.0 Å². The molecule has 0 saturated heterocycles. The summed E-state index contributed by atoms with van der Waals surface area (Å²) in [4.78, 5) is 37.9. The molecular weight excluding hydrogens is 272 g/mol. The van der Waals surface area contributed by atoms with Crippen molar-refractivity contribution < 1.29 is 14.4 Å². The molecule has 3 amide bonds. The molecule has 1 aliphatic carbocycles. The van der Waals surface area contributed by atoms with Crippen LogP contribution in [0.25, 0.3) is 0 Å². The molecule has 7 nitrogen and oxygen atoms in total. The van der Waals surface area contributed by atoms with Gasteiger partial charge in [-0.25, -0.2) is 4.99 Å². The van der Waals surface area contributed by atoms with E-state index in [9.17, 15) is 14.4 Å². The SMILES string of the molecule is O=C1C=CC(C(=O)NC2CCC3N=NC(=O)C=C3C2)C=N1. The highest BCUT2D eigenvalue weighted by Gasteiger charge is 2.30. The molecule has 3 aliphatic rings. The van der Waals surface area contributed by atoms with E-state index in [1.54, 1.807) is 0 Å². The summed E-state index contributed by atoms with van der Waals surface area (Å²) in [7, 11) is 0. The van der Waals surface area contributed by atoms with Gasteiger partial charge in [0.05, 0.1) is 12.0 Å². The summed E-state index contributed by atoms with van der Waals surface area (Å²) in [6.07, 6.45) is 7.84. The smallest absolute Gasteiger partial charge is 0.287 e. The van der Waals surface area contributed by atoms with Crippen molar-refractivity contribution in [1.29, 1.82) is 0 Å². The third-order valence-corrected chi connectivity index (χ3v) is 3.76. The van der Waals surface area contributed by atoms with E-state index in [4.69, 9.17) is 0 Å². The molecule has 1 saturated carbocycles. The van der Waals surface area contributed by atoms with Gasteiger partial charge in [-0.3, -0.25) is 14.4 Å². The number of carbonyl (C=O) groups is 3. The third kappa shape index (κ3) is 3.01. The van der Waals surface area contributed by atoms with Gasteiger partial charge >= 0.3 is 0 Å². The average molecular weight is 286 g/mol. The number of amides is 3. The monoisotopic (exact) mass is 286 g/mol. The Balaban J connectivity index is 1.60. The lowest BCUT2D eigenvalue weighted by Gasteiger charge is -2.30. The van der Waals surface area contributed by atoms with Crippen LogP contribution in [-0.2, 0) is 14.4 Å². The molecule has 1 N–H and O–H groups in total. The van der Waals surface area contributed by atoms with Crippen LogP contribution in [0.3, 0.4) is 0 Å². The topological polar surface area (TPSA) is 100 Å². The zero-order valence-electron chi connectivity index (χ0n) is 11.2. The van der Waals surface area contributed by atoms with Gasteiger partial charge in [-0.2, -0.15) is 5.11 Å². The number of carbonyl (C=O) groups excluding carboxylic acids is 3. The number of rotatable bonds is 2. The molecule has 2 heterocycles. The highest BCUT2D eigenvalue weighted by atomic mass is 16.2. The van der Waals surface area contributed by atoms with E-state index < -0.39 is 5.92 Å². The fourth-order valence-electron chi connectivity index (χ4n) is 2.68. The van der Waals surface area contributed by atoms with Gasteiger partial charge in [0, 0.05) is 24.4 Å². The van der Waals surface area contributed by atoms with Gasteiger partial charge in [0.15, 0.2) is 0 Å². The van der Waals surface area contributed by atoms with E-state index >= 15 is 0 Å². The number of azo groups is 1. The second kappa shape index (κ2) is 5.51. The fourth-order valence-corrected chi connectivity index (χ4v) is 2.68. The van der Waals surface area contributed by atoms with Crippen LogP contribution in [0.4, 0.5) is 0 Å². The van der Waals surface area contributed by atoms with Crippen LogP contribution >= 0.6 is 0 Å². The number of fused-ring (bicyclic) bond motifs is 1. The molecule has 3 unspecified atom stereocenters. The van der Waals surface area contributed by atoms with E-state index in [1.165, 1.54) is 24.4 Å². The Morgan fingerprint density at radius 3 is 2.86 bits per heavy atom. The lowest BCUT2D eigenvalue weighted by atomic mass is 9.85. The van der Waals surface area contributed by atoms with E-state index in [0.29, 0.717) is 6.42 Å². The predicted octanol–water partition coefficient (Wildman–Crippen LogP) is 0.726. The summed E-state index contributed by atoms with van der Waals surface area (Å²) in [5, 5.41) is 10.4. The zero-order valence-corrected chi connectivity index (χ0v) is 11.2. The molecule has 0 aromatic carbocycles. The standard InChI is InChI=1S/C14H14N4O3/c19-12-4-1-8(7-15-12)14(21)16-10-2-3-11-9(5-10)6-13(20)18-17-11/h1,4,6-8,10-11H,2-3,5H2,(H,16,21). The highest BCUT2D eigenvalue weighted by molar-refractivity contribution is 6.05. The van der Waals surface area contributed by atoms with E-state index in [1.807, 2.05) is 0 Å². The van der Waals surface area contributed by atoms with Crippen LogP contribution in [0.2, 0.25) is 0 Å². The second-order valence-electron chi connectivity index (χ2n) is 5.28. The van der Waals surface area contributed by atoms with Gasteiger partial charge in [0.1, 0.15) is 0 Å². The first-order valence-corrected chi connectivity index (χ1v) is 6.84. The van der Waals surface area contributed by atoms with Crippen LogP contribution in [0.1, 0.15) is 19.3 Å². The molecule has 7 heteroatoms. The van der Waals surface area contributed by atoms with E-state index in [-0.39, 0.29) is 29.8 Å². The first-order valence-electron chi connectivity index (χ1n) is 6.84. The molecule has 108 valence electrons. The van der Waals surface area contributed by atoms with Gasteiger partial charge in [-0.15, -0.1) is 5.11 Å². The molecule has 21 heavy (non-hydrogen) atoms. The molecule has 1 fully saturated rings. The lowest BCUT2D eigenvalue weighted by Crippen LogP contribution is -2.42. The van der Waals surface area contributed by atoms with Crippen molar-refractivity contribution in [3.8, 4) is 0 Å². The number of hydrogen-bond donors (Lipinski definition) is 1. The molecule has 0 aromatic rings. The number of nitrogens with zero attached hydrogens (tertiary/aromatic N) is 3. The minimum atomic E-state index is -0.512. The van der Waals surface area contributed by atoms with Crippen molar-refractivity contribution in [1.82, 2.24) is 5.32 Å². The molecule has 0 aromatic heterocycles. The average Bonchev–Trinajstić information content (AvgIpc) is 2.47. The van der Waals surface area contributed by atoms with E-state index in [0.717, 1.165) is 18.4 Å². The van der Waals surface area contributed by atoms with Crippen molar-refractivity contribution in [2.45, 2.75) is 31.3 Å². The first kappa shape index (κ1) is 13.5. The number of aliphatic imine (C=N–C) groups is 1. The number of nitrogens with one attached hydrogen (secondary N) is 1. The lowest BCUT2D eigenvalue weighted by molar-refractivity contribution is -0.122. The van der Waals surface area contributed by atoms with Gasteiger partial charge < -0.3 is 5.32 Å². The first-order chi connectivity index (χ1) is 10.1. The van der Waals surface area contributed by atoms with Crippen molar-refractivity contribution in [2.75, 3.05) is 0 Å². The van der Waals surface area contributed by atoms with Crippen LogP contribution < -0.4 is 5.32 Å². The highest BCUT2D eigenvalue weighted by Crippen LogP contribution is 2.29. The Kier molecular flexibility index (Phi) is 3.55. The summed E-state index contributed by atoms with van der Waals surface area (Å²) in [5.74, 6) is -1.39. The van der Waals surface area contributed by atoms with Gasteiger partial charge in [0.2, 0.25) is 5.91 Å². The van der Waals surface area contributed by atoms with Crippen molar-refractivity contribution >= 4 is 23.9 Å². The molecule has 3 atom stereocenters. The Labute approximate surface area is 120 Å². The number of hydrogen-bond acceptors (Lipinski definition) is 4. The van der Waals surface area contributed by atoms with Crippen LogP contribution in [0.15, 0.2) is 39.0 Å². The largest absolute Gasteiger partial charge is 0.352 e. The van der Waals surface area contributed by atoms with Gasteiger partial charge in [-0.1, -0.05) is 6.08 Å².